The summed E-state index contributed by atoms with van der Waals surface area (Å²) in [7, 11) is -4.18. The number of halogens is 3. The zero-order chi connectivity index (χ0) is 32.6. The number of carbonyl (C=O) groups excluding carboxylic acids is 2. The van der Waals surface area contributed by atoms with Gasteiger partial charge in [-0.2, -0.15) is 0 Å². The van der Waals surface area contributed by atoms with E-state index in [0.29, 0.717) is 27.7 Å². The van der Waals surface area contributed by atoms with E-state index in [2.05, 4.69) is 21.2 Å². The average molecular weight is 732 g/mol. The van der Waals surface area contributed by atoms with E-state index in [1.807, 2.05) is 44.2 Å². The van der Waals surface area contributed by atoms with Crippen LogP contribution in [0.5, 0.6) is 0 Å². The van der Waals surface area contributed by atoms with Gasteiger partial charge in [-0.15, -0.1) is 0 Å². The molecular formula is C34H34BrCl2N3O4S. The van der Waals surface area contributed by atoms with Crippen molar-refractivity contribution in [3.8, 4) is 0 Å². The highest BCUT2D eigenvalue weighted by Crippen LogP contribution is 2.28. The normalized spacial score (nSPS) is 12.6. The number of benzene rings is 4. The van der Waals surface area contributed by atoms with Crippen molar-refractivity contribution >= 4 is 66.7 Å². The number of nitrogens with zero attached hydrogens (tertiary/aromatic N) is 2. The Labute approximate surface area is 283 Å². The molecule has 0 spiro atoms. The lowest BCUT2D eigenvalue weighted by Crippen LogP contribution is -2.54. The summed E-state index contributed by atoms with van der Waals surface area (Å²) in [6.07, 6.45) is 0.900. The second-order valence-electron chi connectivity index (χ2n) is 10.6. The van der Waals surface area contributed by atoms with Gasteiger partial charge >= 0.3 is 0 Å². The summed E-state index contributed by atoms with van der Waals surface area (Å²) < 4.78 is 29.9. The van der Waals surface area contributed by atoms with Gasteiger partial charge in [0.25, 0.3) is 10.0 Å². The van der Waals surface area contributed by atoms with Crippen molar-refractivity contribution in [2.45, 2.75) is 50.2 Å². The largest absolute Gasteiger partial charge is 0.352 e. The highest BCUT2D eigenvalue weighted by atomic mass is 79.9. The van der Waals surface area contributed by atoms with E-state index >= 15 is 0 Å². The molecule has 0 aliphatic rings. The molecule has 0 heterocycles. The number of hydrogen-bond acceptors (Lipinski definition) is 4. The quantitative estimate of drug-likeness (QED) is 0.154. The maximum absolute atomic E-state index is 14.5. The Bertz CT molecular complexity index is 1710. The second-order valence-corrected chi connectivity index (χ2v) is 14.2. The summed E-state index contributed by atoms with van der Waals surface area (Å²) >= 11 is 15.9. The molecule has 0 aliphatic carbocycles. The molecule has 236 valence electrons. The summed E-state index contributed by atoms with van der Waals surface area (Å²) in [5.74, 6) is -0.911. The van der Waals surface area contributed by atoms with Crippen molar-refractivity contribution in [2.24, 2.45) is 0 Å². The van der Waals surface area contributed by atoms with Gasteiger partial charge < -0.3 is 10.2 Å². The monoisotopic (exact) mass is 729 g/mol. The van der Waals surface area contributed by atoms with Crippen LogP contribution in [0.4, 0.5) is 5.69 Å². The lowest BCUT2D eigenvalue weighted by atomic mass is 10.0. The fourth-order valence-electron chi connectivity index (χ4n) is 4.69. The van der Waals surface area contributed by atoms with Gasteiger partial charge in [-0.1, -0.05) is 101 Å². The predicted molar refractivity (Wildman–Crippen MR) is 184 cm³/mol. The van der Waals surface area contributed by atoms with Crippen LogP contribution in [-0.2, 0) is 32.6 Å². The van der Waals surface area contributed by atoms with Crippen LogP contribution in [0, 0.1) is 0 Å². The third-order valence-corrected chi connectivity index (χ3v) is 10.4. The first-order valence-corrected chi connectivity index (χ1v) is 17.4. The number of sulfonamides is 1. The average Bonchev–Trinajstić information content (AvgIpc) is 3.04. The van der Waals surface area contributed by atoms with Crippen LogP contribution in [0.3, 0.4) is 0 Å². The fourth-order valence-corrected chi connectivity index (χ4v) is 6.71. The molecule has 0 fully saturated rings. The molecule has 4 rings (SSSR count). The molecular weight excluding hydrogens is 697 g/mol. The molecule has 0 saturated carbocycles. The van der Waals surface area contributed by atoms with Gasteiger partial charge in [0.2, 0.25) is 11.8 Å². The highest BCUT2D eigenvalue weighted by Gasteiger charge is 2.35. The number of hydrogen-bond donors (Lipinski definition) is 1. The lowest BCUT2D eigenvalue weighted by molar-refractivity contribution is -0.140. The van der Waals surface area contributed by atoms with Gasteiger partial charge in [0.15, 0.2) is 0 Å². The second kappa shape index (κ2) is 15.8. The van der Waals surface area contributed by atoms with Crippen LogP contribution >= 0.6 is 39.1 Å². The van der Waals surface area contributed by atoms with Gasteiger partial charge in [-0.3, -0.25) is 13.9 Å². The predicted octanol–water partition coefficient (Wildman–Crippen LogP) is 7.51. The van der Waals surface area contributed by atoms with E-state index in [4.69, 9.17) is 23.2 Å². The lowest BCUT2D eigenvalue weighted by Gasteiger charge is -2.34. The first-order valence-electron chi connectivity index (χ1n) is 14.4. The van der Waals surface area contributed by atoms with Crippen molar-refractivity contribution in [1.29, 1.82) is 0 Å². The molecule has 4 aromatic rings. The minimum atomic E-state index is -4.18. The molecule has 1 N–H and O–H groups in total. The molecule has 4 aromatic carbocycles. The van der Waals surface area contributed by atoms with E-state index in [0.717, 1.165) is 14.3 Å². The number of rotatable bonds is 13. The first-order chi connectivity index (χ1) is 21.5. The molecule has 7 nitrogen and oxygen atoms in total. The van der Waals surface area contributed by atoms with Crippen LogP contribution in [0.2, 0.25) is 10.0 Å². The molecule has 2 atom stereocenters. The van der Waals surface area contributed by atoms with Gasteiger partial charge in [0.1, 0.15) is 12.6 Å². The topological polar surface area (TPSA) is 86.8 Å². The Morgan fingerprint density at radius 2 is 1.47 bits per heavy atom. The van der Waals surface area contributed by atoms with E-state index in [1.54, 1.807) is 60.7 Å². The Hall–Kier alpha value is -3.37. The Kier molecular flexibility index (Phi) is 12.1. The van der Waals surface area contributed by atoms with Crippen LogP contribution < -0.4 is 9.62 Å². The molecule has 0 aromatic heterocycles. The molecule has 2 amide bonds. The van der Waals surface area contributed by atoms with E-state index < -0.39 is 28.5 Å². The molecule has 11 heteroatoms. The molecule has 0 aliphatic heterocycles. The van der Waals surface area contributed by atoms with Crippen LogP contribution in [0.1, 0.15) is 31.4 Å². The SMILES string of the molecule is CCC(C)NC(=O)C(Cc1ccccc1)N(Cc1ccc(Cl)c(Cl)c1)C(=O)CN(c1ccc(Br)cc1)S(=O)(=O)c1ccccc1. The molecule has 0 saturated heterocycles. The van der Waals surface area contributed by atoms with Gasteiger partial charge in [0.05, 0.1) is 20.6 Å². The number of anilines is 1. The Morgan fingerprint density at radius 1 is 0.844 bits per heavy atom. The van der Waals surface area contributed by atoms with Gasteiger partial charge in [-0.25, -0.2) is 8.42 Å². The molecule has 45 heavy (non-hydrogen) atoms. The van der Waals surface area contributed by atoms with Gasteiger partial charge in [0, 0.05) is 23.5 Å². The van der Waals surface area contributed by atoms with E-state index in [-0.39, 0.29) is 29.8 Å². The van der Waals surface area contributed by atoms with Crippen molar-refractivity contribution in [2.75, 3.05) is 10.8 Å². The first kappa shape index (κ1) is 34.5. The third kappa shape index (κ3) is 9.10. The molecule has 0 bridgehead atoms. The fraction of sp³-hybridized carbons (Fsp3) is 0.235. The molecule has 0 radical (unpaired) electrons. The summed E-state index contributed by atoms with van der Waals surface area (Å²) in [6.45, 7) is 3.29. The Balaban J connectivity index is 1.81. The minimum Gasteiger partial charge on any atom is -0.352 e. The van der Waals surface area contributed by atoms with E-state index in [1.165, 1.54) is 17.0 Å². The van der Waals surface area contributed by atoms with Crippen LogP contribution in [0.25, 0.3) is 0 Å². The zero-order valence-corrected chi connectivity index (χ0v) is 28.8. The standard InChI is InChI=1S/C34H34BrCl2N3O4S/c1-3-24(2)38-34(42)32(21-25-10-6-4-7-11-25)39(22-26-14-19-30(36)31(37)20-26)33(41)23-40(28-17-15-27(35)16-18-28)45(43,44)29-12-8-5-9-13-29/h4-20,24,32H,3,21-23H2,1-2H3,(H,38,42). The van der Waals surface area contributed by atoms with Crippen molar-refractivity contribution in [3.05, 3.63) is 129 Å². The number of carbonyl (C=O) groups is 2. The van der Waals surface area contributed by atoms with Gasteiger partial charge in [-0.05, 0) is 73.0 Å². The Morgan fingerprint density at radius 3 is 2.07 bits per heavy atom. The van der Waals surface area contributed by atoms with Crippen LogP contribution in [0.15, 0.2) is 112 Å². The minimum absolute atomic E-state index is 0.0132. The summed E-state index contributed by atoms with van der Waals surface area (Å²) in [5, 5.41) is 3.67. The van der Waals surface area contributed by atoms with Crippen molar-refractivity contribution in [3.63, 3.8) is 0 Å². The third-order valence-electron chi connectivity index (χ3n) is 7.33. The number of nitrogens with one attached hydrogen (secondary N) is 1. The highest BCUT2D eigenvalue weighted by molar-refractivity contribution is 9.10. The summed E-state index contributed by atoms with van der Waals surface area (Å²) in [5.41, 5.74) is 1.78. The molecule has 2 unspecified atom stereocenters. The summed E-state index contributed by atoms with van der Waals surface area (Å²) in [4.78, 5) is 29.8. The van der Waals surface area contributed by atoms with Crippen molar-refractivity contribution < 1.29 is 18.0 Å². The smallest absolute Gasteiger partial charge is 0.264 e. The number of amides is 2. The maximum atomic E-state index is 14.5. The maximum Gasteiger partial charge on any atom is 0.264 e. The zero-order valence-electron chi connectivity index (χ0n) is 24.9. The summed E-state index contributed by atoms with van der Waals surface area (Å²) in [6, 6.07) is 27.9. The van der Waals surface area contributed by atoms with Crippen molar-refractivity contribution in [1.82, 2.24) is 10.2 Å². The van der Waals surface area contributed by atoms with Crippen LogP contribution in [-0.4, -0.2) is 43.8 Å². The van der Waals surface area contributed by atoms with E-state index in [9.17, 15) is 18.0 Å².